The smallest absolute Gasteiger partial charge is 0.272 e. The highest BCUT2D eigenvalue weighted by Gasteiger charge is 2.17. The molecule has 1 heterocycles. The van der Waals surface area contributed by atoms with Crippen LogP contribution in [0.25, 0.3) is 6.08 Å². The largest absolute Gasteiger partial charge is 0.497 e. The first kappa shape index (κ1) is 21.7. The number of ether oxygens (including phenoxy) is 2. The molecule has 3 aromatic rings. The lowest BCUT2D eigenvalue weighted by atomic mass is 10.1. The second-order valence-electron chi connectivity index (χ2n) is 6.88. The molecule has 7 heteroatoms. The van der Waals surface area contributed by atoms with E-state index in [0.717, 1.165) is 11.1 Å². The molecule has 0 bridgehead atoms. The van der Waals surface area contributed by atoms with Crippen LogP contribution in [0.5, 0.6) is 11.5 Å². The van der Waals surface area contributed by atoms with E-state index in [1.807, 2.05) is 19.9 Å². The summed E-state index contributed by atoms with van der Waals surface area (Å²) in [6, 6.07) is 13.7. The molecule has 0 unspecified atom stereocenters. The van der Waals surface area contributed by atoms with Crippen LogP contribution in [-0.2, 0) is 4.79 Å². The fraction of sp³-hybridized carbons (Fsp3) is 0.167. The summed E-state index contributed by atoms with van der Waals surface area (Å²) in [5.74, 6) is 0.535. The maximum atomic E-state index is 13.0. The molecule has 3 rings (SSSR count). The molecule has 1 aromatic heterocycles. The maximum absolute atomic E-state index is 13.0. The van der Waals surface area contributed by atoms with Gasteiger partial charge in [0.05, 0.1) is 20.5 Å². The zero-order chi connectivity index (χ0) is 22.4. The summed E-state index contributed by atoms with van der Waals surface area (Å²) in [4.78, 5) is 25.8. The van der Waals surface area contributed by atoms with Gasteiger partial charge in [0.1, 0.15) is 23.0 Å². The van der Waals surface area contributed by atoms with Crippen LogP contribution in [0.2, 0.25) is 0 Å². The Morgan fingerprint density at radius 1 is 0.935 bits per heavy atom. The third-order valence-corrected chi connectivity index (χ3v) is 4.70. The SMILES string of the molecule is COc1cc(NC(=O)/C(=C\c2ccco2)NC(=O)c2ccc(C)c(C)c2)cc(OC)c1. The molecule has 0 spiro atoms. The molecule has 0 aliphatic rings. The Kier molecular flexibility index (Phi) is 6.77. The Labute approximate surface area is 180 Å². The molecule has 0 fully saturated rings. The number of aryl methyl sites for hydroxylation is 2. The summed E-state index contributed by atoms with van der Waals surface area (Å²) >= 11 is 0. The molecule has 0 aliphatic carbocycles. The van der Waals surface area contributed by atoms with Gasteiger partial charge in [-0.3, -0.25) is 9.59 Å². The van der Waals surface area contributed by atoms with Gasteiger partial charge in [0.15, 0.2) is 0 Å². The predicted molar refractivity (Wildman–Crippen MR) is 118 cm³/mol. The molecular formula is C24H24N2O5. The van der Waals surface area contributed by atoms with Crippen molar-refractivity contribution < 1.29 is 23.5 Å². The number of rotatable bonds is 7. The third kappa shape index (κ3) is 5.54. The van der Waals surface area contributed by atoms with Crippen LogP contribution in [-0.4, -0.2) is 26.0 Å². The average molecular weight is 420 g/mol. The first-order valence-corrected chi connectivity index (χ1v) is 9.58. The highest BCUT2D eigenvalue weighted by Crippen LogP contribution is 2.26. The quantitative estimate of drug-likeness (QED) is 0.556. The lowest BCUT2D eigenvalue weighted by Crippen LogP contribution is -2.30. The lowest BCUT2D eigenvalue weighted by Gasteiger charge is -2.13. The number of amides is 2. The molecule has 0 saturated heterocycles. The molecule has 2 N–H and O–H groups in total. The number of benzene rings is 2. The molecular weight excluding hydrogens is 396 g/mol. The molecule has 0 aliphatic heterocycles. The van der Waals surface area contributed by atoms with Gasteiger partial charge in [-0.2, -0.15) is 0 Å². The number of carbonyl (C=O) groups is 2. The average Bonchev–Trinajstić information content (AvgIpc) is 3.27. The first-order valence-electron chi connectivity index (χ1n) is 9.58. The zero-order valence-corrected chi connectivity index (χ0v) is 17.8. The fourth-order valence-electron chi connectivity index (χ4n) is 2.83. The molecule has 7 nitrogen and oxygen atoms in total. The molecule has 0 radical (unpaired) electrons. The monoisotopic (exact) mass is 420 g/mol. The minimum atomic E-state index is -0.524. The number of hydrogen-bond acceptors (Lipinski definition) is 5. The number of methoxy groups -OCH3 is 2. The summed E-state index contributed by atoms with van der Waals surface area (Å²) in [5.41, 5.74) is 2.99. The van der Waals surface area contributed by atoms with Crippen LogP contribution in [0.3, 0.4) is 0 Å². The number of nitrogens with one attached hydrogen (secondary N) is 2. The Balaban J connectivity index is 1.88. The van der Waals surface area contributed by atoms with Crippen LogP contribution < -0.4 is 20.1 Å². The van der Waals surface area contributed by atoms with Gasteiger partial charge in [-0.15, -0.1) is 0 Å². The van der Waals surface area contributed by atoms with Gasteiger partial charge >= 0.3 is 0 Å². The van der Waals surface area contributed by atoms with Crippen molar-refractivity contribution in [3.05, 3.63) is 82.9 Å². The van der Waals surface area contributed by atoms with Crippen LogP contribution in [0.15, 0.2) is 64.9 Å². The van der Waals surface area contributed by atoms with E-state index in [2.05, 4.69) is 10.6 Å². The summed E-state index contributed by atoms with van der Waals surface area (Å²) < 4.78 is 15.8. The van der Waals surface area contributed by atoms with Gasteiger partial charge < -0.3 is 24.5 Å². The van der Waals surface area contributed by atoms with E-state index in [1.54, 1.807) is 42.5 Å². The maximum Gasteiger partial charge on any atom is 0.272 e. The van der Waals surface area contributed by atoms with Gasteiger partial charge in [-0.05, 0) is 49.2 Å². The summed E-state index contributed by atoms with van der Waals surface area (Å²) in [5, 5.41) is 5.44. The van der Waals surface area contributed by atoms with Crippen molar-refractivity contribution in [1.29, 1.82) is 0 Å². The van der Waals surface area contributed by atoms with E-state index in [9.17, 15) is 9.59 Å². The van der Waals surface area contributed by atoms with Gasteiger partial charge in [-0.25, -0.2) is 0 Å². The molecule has 160 valence electrons. The lowest BCUT2D eigenvalue weighted by molar-refractivity contribution is -0.113. The highest BCUT2D eigenvalue weighted by molar-refractivity contribution is 6.10. The Morgan fingerprint density at radius 2 is 1.65 bits per heavy atom. The van der Waals surface area contributed by atoms with Crippen molar-refractivity contribution in [3.63, 3.8) is 0 Å². The molecule has 0 atom stereocenters. The number of carbonyl (C=O) groups excluding carboxylic acids is 2. The van der Waals surface area contributed by atoms with E-state index in [1.165, 1.54) is 26.6 Å². The number of furan rings is 1. The normalized spacial score (nSPS) is 11.0. The number of hydrogen-bond donors (Lipinski definition) is 2. The minimum Gasteiger partial charge on any atom is -0.497 e. The van der Waals surface area contributed by atoms with Gasteiger partial charge in [0.25, 0.3) is 11.8 Å². The van der Waals surface area contributed by atoms with E-state index >= 15 is 0 Å². The van der Waals surface area contributed by atoms with Crippen LogP contribution in [0.1, 0.15) is 27.2 Å². The van der Waals surface area contributed by atoms with Gasteiger partial charge in [0.2, 0.25) is 0 Å². The standard InChI is InChI=1S/C24H24N2O5/c1-15-7-8-17(10-16(15)2)23(27)26-22(14-19-6-5-9-31-19)24(28)25-18-11-20(29-3)13-21(12-18)30-4/h5-14H,1-4H3,(H,25,28)(H,26,27)/b22-14+. The van der Waals surface area contributed by atoms with Gasteiger partial charge in [-0.1, -0.05) is 6.07 Å². The molecule has 0 saturated carbocycles. The second-order valence-corrected chi connectivity index (χ2v) is 6.88. The highest BCUT2D eigenvalue weighted by atomic mass is 16.5. The minimum absolute atomic E-state index is 0.0277. The van der Waals surface area contributed by atoms with Crippen molar-refractivity contribution in [1.82, 2.24) is 5.32 Å². The van der Waals surface area contributed by atoms with Crippen molar-refractivity contribution in [3.8, 4) is 11.5 Å². The first-order chi connectivity index (χ1) is 14.9. The van der Waals surface area contributed by atoms with E-state index < -0.39 is 11.8 Å². The van der Waals surface area contributed by atoms with Crippen LogP contribution in [0, 0.1) is 13.8 Å². The van der Waals surface area contributed by atoms with E-state index in [0.29, 0.717) is 28.5 Å². The predicted octanol–water partition coefficient (Wildman–Crippen LogP) is 4.32. The second kappa shape index (κ2) is 9.67. The third-order valence-electron chi connectivity index (χ3n) is 4.70. The number of anilines is 1. The van der Waals surface area contributed by atoms with Crippen molar-refractivity contribution in [2.45, 2.75) is 13.8 Å². The summed E-state index contributed by atoms with van der Waals surface area (Å²) in [6.07, 6.45) is 2.95. The Bertz CT molecular complexity index is 1090. The fourth-order valence-corrected chi connectivity index (χ4v) is 2.83. The Morgan fingerprint density at radius 3 is 2.23 bits per heavy atom. The summed E-state index contributed by atoms with van der Waals surface area (Å²) in [6.45, 7) is 3.89. The van der Waals surface area contributed by atoms with Crippen LogP contribution >= 0.6 is 0 Å². The van der Waals surface area contributed by atoms with Crippen LogP contribution in [0.4, 0.5) is 5.69 Å². The van der Waals surface area contributed by atoms with Crippen molar-refractivity contribution in [2.24, 2.45) is 0 Å². The Hall–Kier alpha value is -4.00. The topological polar surface area (TPSA) is 89.8 Å². The van der Waals surface area contributed by atoms with Crippen molar-refractivity contribution >= 4 is 23.6 Å². The van der Waals surface area contributed by atoms with Crippen molar-refractivity contribution in [2.75, 3.05) is 19.5 Å². The summed E-state index contributed by atoms with van der Waals surface area (Å²) in [7, 11) is 3.04. The zero-order valence-electron chi connectivity index (χ0n) is 17.8. The van der Waals surface area contributed by atoms with E-state index in [-0.39, 0.29) is 5.70 Å². The molecule has 31 heavy (non-hydrogen) atoms. The molecule has 2 amide bonds. The molecule has 2 aromatic carbocycles. The van der Waals surface area contributed by atoms with E-state index in [4.69, 9.17) is 13.9 Å². The van der Waals surface area contributed by atoms with Gasteiger partial charge in [0, 0.05) is 35.5 Å².